The number of carbonyl (C=O) groups excluding carboxylic acids is 2. The smallest absolute Gasteiger partial charge is 0.326 e. The van der Waals surface area contributed by atoms with E-state index < -0.39 is 24.0 Å². The molecular weight excluding hydrogens is 358 g/mol. The highest BCUT2D eigenvalue weighted by molar-refractivity contribution is 5.91. The van der Waals surface area contributed by atoms with Crippen LogP contribution in [0.2, 0.25) is 0 Å². The van der Waals surface area contributed by atoms with Crippen molar-refractivity contribution in [3.05, 3.63) is 24.3 Å². The molecule has 27 heavy (non-hydrogen) atoms. The van der Waals surface area contributed by atoms with Crippen molar-refractivity contribution in [1.29, 1.82) is 0 Å². The fraction of sp³-hybridized carbons (Fsp3) is 0.500. The minimum atomic E-state index is -1.29. The molecule has 0 unspecified atom stereocenters. The molecule has 3 amide bonds. The van der Waals surface area contributed by atoms with Gasteiger partial charge in [0, 0.05) is 31.9 Å². The maximum atomic E-state index is 11.7. The van der Waals surface area contributed by atoms with Crippen LogP contribution in [0.4, 0.5) is 4.79 Å². The summed E-state index contributed by atoms with van der Waals surface area (Å²) in [5.74, 6) is -2.72. The number of aliphatic carboxylic acids is 2. The molecule has 0 spiro atoms. The van der Waals surface area contributed by atoms with Gasteiger partial charge in [-0.05, 0) is 25.7 Å². The summed E-state index contributed by atoms with van der Waals surface area (Å²) in [6.07, 6.45) is 5.82. The first kappa shape index (κ1) is 21.8. The first-order valence-corrected chi connectivity index (χ1v) is 8.43. The summed E-state index contributed by atoms with van der Waals surface area (Å²) < 4.78 is 0. The molecule has 1 heterocycles. The maximum absolute atomic E-state index is 11.7. The quantitative estimate of drug-likeness (QED) is 0.315. The molecule has 5 N–H and O–H groups in total. The molecular formula is C16H23N5O6. The molecule has 11 nitrogen and oxygen atoms in total. The molecule has 0 aliphatic rings. The number of nitrogens with one attached hydrogen (secondary N) is 3. The van der Waals surface area contributed by atoms with Crippen molar-refractivity contribution in [2.24, 2.45) is 0 Å². The van der Waals surface area contributed by atoms with Gasteiger partial charge in [-0.3, -0.25) is 14.6 Å². The van der Waals surface area contributed by atoms with Crippen molar-refractivity contribution in [1.82, 2.24) is 25.9 Å². The van der Waals surface area contributed by atoms with Crippen LogP contribution in [0.5, 0.6) is 0 Å². The van der Waals surface area contributed by atoms with Crippen LogP contribution in [0, 0.1) is 0 Å². The van der Waals surface area contributed by atoms with E-state index >= 15 is 0 Å². The van der Waals surface area contributed by atoms with Gasteiger partial charge in [-0.1, -0.05) is 0 Å². The lowest BCUT2D eigenvalue weighted by atomic mass is 10.1. The second kappa shape index (κ2) is 12.2. The minimum Gasteiger partial charge on any atom is -0.481 e. The molecule has 11 heteroatoms. The lowest BCUT2D eigenvalue weighted by molar-refractivity contribution is -0.140. The molecule has 1 atom stereocenters. The summed E-state index contributed by atoms with van der Waals surface area (Å²) in [6, 6.07) is -1.92. The number of carbonyl (C=O) groups is 4. The van der Waals surface area contributed by atoms with Crippen molar-refractivity contribution < 1.29 is 29.4 Å². The van der Waals surface area contributed by atoms with E-state index in [1.54, 1.807) is 0 Å². The van der Waals surface area contributed by atoms with Crippen molar-refractivity contribution in [2.45, 2.75) is 38.1 Å². The zero-order valence-electron chi connectivity index (χ0n) is 14.7. The third kappa shape index (κ3) is 9.72. The Morgan fingerprint density at radius 2 is 1.70 bits per heavy atom. The third-order valence-corrected chi connectivity index (χ3v) is 3.47. The van der Waals surface area contributed by atoms with E-state index in [2.05, 4.69) is 25.9 Å². The summed E-state index contributed by atoms with van der Waals surface area (Å²) in [4.78, 5) is 52.5. The highest BCUT2D eigenvalue weighted by atomic mass is 16.4. The Hall–Kier alpha value is -3.24. The lowest BCUT2D eigenvalue weighted by Crippen LogP contribution is -2.46. The van der Waals surface area contributed by atoms with E-state index in [1.165, 1.54) is 18.6 Å². The van der Waals surface area contributed by atoms with Crippen LogP contribution < -0.4 is 16.0 Å². The Labute approximate surface area is 155 Å². The Bertz CT molecular complexity index is 639. The standard InChI is InChI=1S/C16H23N5O6/c22-13(23)5-4-11(15(25)26)21-16(27)20-7-3-1-2-6-19-14(24)12-10-17-8-9-18-12/h8-11H,1-7H2,(H,19,24)(H,22,23)(H,25,26)(H2,20,21,27)/t11-/m0/s1. The average molecular weight is 381 g/mol. The van der Waals surface area contributed by atoms with Crippen LogP contribution >= 0.6 is 0 Å². The van der Waals surface area contributed by atoms with Gasteiger partial charge in [-0.2, -0.15) is 0 Å². The van der Waals surface area contributed by atoms with E-state index in [0.717, 1.165) is 6.42 Å². The van der Waals surface area contributed by atoms with E-state index in [-0.39, 0.29) is 24.4 Å². The molecule has 0 aliphatic heterocycles. The number of hydrogen-bond acceptors (Lipinski definition) is 6. The molecule has 1 aromatic rings. The van der Waals surface area contributed by atoms with Gasteiger partial charge < -0.3 is 26.2 Å². The Kier molecular flexibility index (Phi) is 9.83. The number of nitrogens with zero attached hydrogens (tertiary/aromatic N) is 2. The second-order valence-corrected chi connectivity index (χ2v) is 5.63. The first-order valence-electron chi connectivity index (χ1n) is 8.43. The number of unbranched alkanes of at least 4 members (excludes halogenated alkanes) is 2. The number of carboxylic acids is 2. The van der Waals surface area contributed by atoms with Crippen LogP contribution in [0.1, 0.15) is 42.6 Å². The molecule has 148 valence electrons. The predicted molar refractivity (Wildman–Crippen MR) is 93.0 cm³/mol. The number of amides is 3. The Balaban J connectivity index is 2.11. The Morgan fingerprint density at radius 1 is 1.00 bits per heavy atom. The zero-order valence-corrected chi connectivity index (χ0v) is 14.7. The molecule has 0 saturated carbocycles. The zero-order chi connectivity index (χ0) is 20.1. The van der Waals surface area contributed by atoms with Crippen LogP contribution in [0.3, 0.4) is 0 Å². The van der Waals surface area contributed by atoms with Crippen molar-refractivity contribution in [3.63, 3.8) is 0 Å². The van der Waals surface area contributed by atoms with Gasteiger partial charge in [-0.15, -0.1) is 0 Å². The predicted octanol–water partition coefficient (Wildman–Crippen LogP) is -0.00610. The highest BCUT2D eigenvalue weighted by Gasteiger charge is 2.20. The molecule has 0 fully saturated rings. The van der Waals surface area contributed by atoms with E-state index in [0.29, 0.717) is 25.9 Å². The Morgan fingerprint density at radius 3 is 2.30 bits per heavy atom. The summed E-state index contributed by atoms with van der Waals surface area (Å²) in [5.41, 5.74) is 0.242. The molecule has 0 bridgehead atoms. The molecule has 0 saturated heterocycles. The summed E-state index contributed by atoms with van der Waals surface area (Å²) in [7, 11) is 0. The normalized spacial score (nSPS) is 11.3. The lowest BCUT2D eigenvalue weighted by Gasteiger charge is -2.14. The third-order valence-electron chi connectivity index (χ3n) is 3.47. The summed E-state index contributed by atoms with van der Waals surface area (Å²) >= 11 is 0. The van der Waals surface area contributed by atoms with Gasteiger partial charge in [0.2, 0.25) is 0 Å². The molecule has 1 rings (SSSR count). The van der Waals surface area contributed by atoms with Gasteiger partial charge in [0.1, 0.15) is 11.7 Å². The van der Waals surface area contributed by atoms with Crippen molar-refractivity contribution >= 4 is 23.9 Å². The first-order chi connectivity index (χ1) is 12.9. The van der Waals surface area contributed by atoms with Gasteiger partial charge in [0.15, 0.2) is 0 Å². The fourth-order valence-electron chi connectivity index (χ4n) is 2.07. The topological polar surface area (TPSA) is 171 Å². The number of rotatable bonds is 12. The average Bonchev–Trinajstić information content (AvgIpc) is 2.64. The van der Waals surface area contributed by atoms with Gasteiger partial charge in [0.25, 0.3) is 5.91 Å². The summed E-state index contributed by atoms with van der Waals surface area (Å²) in [6.45, 7) is 0.785. The number of urea groups is 1. The van der Waals surface area contributed by atoms with Gasteiger partial charge >= 0.3 is 18.0 Å². The van der Waals surface area contributed by atoms with E-state index in [9.17, 15) is 19.2 Å². The van der Waals surface area contributed by atoms with Crippen molar-refractivity contribution in [3.8, 4) is 0 Å². The minimum absolute atomic E-state index is 0.191. The van der Waals surface area contributed by atoms with Crippen LogP contribution in [-0.2, 0) is 9.59 Å². The molecule has 0 aromatic carbocycles. The van der Waals surface area contributed by atoms with Crippen LogP contribution in [0.15, 0.2) is 18.6 Å². The highest BCUT2D eigenvalue weighted by Crippen LogP contribution is 1.98. The molecule has 0 radical (unpaired) electrons. The largest absolute Gasteiger partial charge is 0.481 e. The second-order valence-electron chi connectivity index (χ2n) is 5.63. The van der Waals surface area contributed by atoms with Crippen LogP contribution in [-0.4, -0.2) is 63.2 Å². The molecule has 1 aromatic heterocycles. The summed E-state index contributed by atoms with van der Waals surface area (Å²) in [5, 5.41) is 25.0. The van der Waals surface area contributed by atoms with Gasteiger partial charge in [-0.25, -0.2) is 14.6 Å². The SMILES string of the molecule is O=C(O)CC[C@H](NC(=O)NCCCCCNC(=O)c1cnccn1)C(=O)O. The van der Waals surface area contributed by atoms with Crippen LogP contribution in [0.25, 0.3) is 0 Å². The monoisotopic (exact) mass is 381 g/mol. The van der Waals surface area contributed by atoms with Crippen molar-refractivity contribution in [2.75, 3.05) is 13.1 Å². The van der Waals surface area contributed by atoms with Gasteiger partial charge in [0.05, 0.1) is 6.20 Å². The maximum Gasteiger partial charge on any atom is 0.326 e. The number of aromatic nitrogens is 2. The molecule has 0 aliphatic carbocycles. The van der Waals surface area contributed by atoms with E-state index in [4.69, 9.17) is 10.2 Å². The number of hydrogen-bond donors (Lipinski definition) is 5. The fourth-order valence-corrected chi connectivity index (χ4v) is 2.07. The number of carboxylic acid groups (broad SMARTS) is 2. The van der Waals surface area contributed by atoms with E-state index in [1.807, 2.05) is 0 Å².